The largest absolute Gasteiger partial charge is 0.375 e. The number of benzene rings is 1. The van der Waals surface area contributed by atoms with Gasteiger partial charge < -0.3 is 9.88 Å². The third-order valence-electron chi connectivity index (χ3n) is 2.79. The van der Waals surface area contributed by atoms with E-state index in [1.807, 2.05) is 31.5 Å². The van der Waals surface area contributed by atoms with Gasteiger partial charge in [0.05, 0.1) is 11.0 Å². The summed E-state index contributed by atoms with van der Waals surface area (Å²) in [5, 5.41) is 21.8. The Morgan fingerprint density at radius 3 is 2.74 bits per heavy atom. The van der Waals surface area contributed by atoms with Crippen molar-refractivity contribution in [1.29, 1.82) is 0 Å². The molecule has 1 aromatic carbocycles. The minimum absolute atomic E-state index is 0.0765. The first-order chi connectivity index (χ1) is 8.97. The molecule has 1 heterocycles. The zero-order valence-corrected chi connectivity index (χ0v) is 11.0. The van der Waals surface area contributed by atoms with Gasteiger partial charge in [-0.15, -0.1) is 10.2 Å². The van der Waals surface area contributed by atoms with Crippen molar-refractivity contribution in [3.05, 3.63) is 46.0 Å². The van der Waals surface area contributed by atoms with Gasteiger partial charge in [0.25, 0.3) is 5.69 Å². The topological polar surface area (TPSA) is 85.9 Å². The molecule has 0 aliphatic rings. The van der Waals surface area contributed by atoms with Gasteiger partial charge in [0.15, 0.2) is 5.82 Å². The first-order valence-corrected chi connectivity index (χ1v) is 5.84. The van der Waals surface area contributed by atoms with Gasteiger partial charge in [0, 0.05) is 24.9 Å². The van der Waals surface area contributed by atoms with E-state index in [1.165, 1.54) is 12.1 Å². The summed E-state index contributed by atoms with van der Waals surface area (Å²) >= 11 is 0. The summed E-state index contributed by atoms with van der Waals surface area (Å²) in [5.41, 5.74) is 1.61. The minimum atomic E-state index is -0.398. The molecule has 0 saturated carbocycles. The van der Waals surface area contributed by atoms with E-state index < -0.39 is 4.92 Å². The predicted molar refractivity (Wildman–Crippen MR) is 70.9 cm³/mol. The Hall–Kier alpha value is -2.44. The standard InChI is InChI=1S/C12H15N5O2/c1-8-4-10(6-11(5-8)17(18)19)14-9(2)12-15-13-7-16(12)3/h4-7,9,14H,1-3H3. The van der Waals surface area contributed by atoms with Crippen LogP contribution in [0.1, 0.15) is 24.4 Å². The van der Waals surface area contributed by atoms with E-state index in [-0.39, 0.29) is 11.7 Å². The summed E-state index contributed by atoms with van der Waals surface area (Å²) in [6.45, 7) is 3.75. The number of nitrogens with one attached hydrogen (secondary N) is 1. The van der Waals surface area contributed by atoms with Crippen LogP contribution in [0.25, 0.3) is 0 Å². The van der Waals surface area contributed by atoms with Gasteiger partial charge in [0.1, 0.15) is 6.33 Å². The van der Waals surface area contributed by atoms with Crippen molar-refractivity contribution in [3.63, 3.8) is 0 Å². The van der Waals surface area contributed by atoms with Gasteiger partial charge in [0.2, 0.25) is 0 Å². The van der Waals surface area contributed by atoms with Crippen molar-refractivity contribution >= 4 is 11.4 Å². The maximum Gasteiger partial charge on any atom is 0.271 e. The molecule has 0 amide bonds. The number of nitrogens with zero attached hydrogens (tertiary/aromatic N) is 4. The summed E-state index contributed by atoms with van der Waals surface area (Å²) in [5.74, 6) is 0.768. The molecule has 1 atom stereocenters. The highest BCUT2D eigenvalue weighted by Gasteiger charge is 2.13. The summed E-state index contributed by atoms with van der Waals surface area (Å²) in [4.78, 5) is 10.4. The van der Waals surface area contributed by atoms with E-state index in [4.69, 9.17) is 0 Å². The third kappa shape index (κ3) is 2.87. The average molecular weight is 261 g/mol. The lowest BCUT2D eigenvalue weighted by atomic mass is 10.2. The van der Waals surface area contributed by atoms with Crippen LogP contribution in [0.3, 0.4) is 0 Å². The fraction of sp³-hybridized carbons (Fsp3) is 0.333. The molecule has 0 spiro atoms. The van der Waals surface area contributed by atoms with Gasteiger partial charge in [-0.25, -0.2) is 0 Å². The van der Waals surface area contributed by atoms with Crippen molar-refractivity contribution < 1.29 is 4.92 Å². The summed E-state index contributed by atoms with van der Waals surface area (Å²) in [6, 6.07) is 4.83. The number of non-ortho nitro benzene ring substituents is 1. The molecule has 1 N–H and O–H groups in total. The van der Waals surface area contributed by atoms with Crippen LogP contribution in [-0.2, 0) is 7.05 Å². The Bertz CT molecular complexity index is 608. The molecule has 0 saturated heterocycles. The molecule has 7 heteroatoms. The van der Waals surface area contributed by atoms with Crippen LogP contribution in [0, 0.1) is 17.0 Å². The summed E-state index contributed by atoms with van der Waals surface area (Å²) in [7, 11) is 1.85. The van der Waals surface area contributed by atoms with Crippen LogP contribution < -0.4 is 5.32 Å². The first-order valence-electron chi connectivity index (χ1n) is 5.84. The van der Waals surface area contributed by atoms with E-state index in [0.717, 1.165) is 11.4 Å². The van der Waals surface area contributed by atoms with E-state index in [9.17, 15) is 10.1 Å². The van der Waals surface area contributed by atoms with E-state index in [2.05, 4.69) is 15.5 Å². The molecule has 1 aromatic heterocycles. The van der Waals surface area contributed by atoms with Gasteiger partial charge in [-0.2, -0.15) is 0 Å². The van der Waals surface area contributed by atoms with Gasteiger partial charge in [-0.1, -0.05) is 0 Å². The van der Waals surface area contributed by atoms with Crippen molar-refractivity contribution in [1.82, 2.24) is 14.8 Å². The second kappa shape index (κ2) is 5.05. The molecule has 0 aliphatic carbocycles. The summed E-state index contributed by atoms with van der Waals surface area (Å²) in [6.07, 6.45) is 1.62. The Labute approximate surface area is 110 Å². The highest BCUT2D eigenvalue weighted by Crippen LogP contribution is 2.23. The number of hydrogen-bond donors (Lipinski definition) is 1. The lowest BCUT2D eigenvalue weighted by Crippen LogP contribution is -2.12. The highest BCUT2D eigenvalue weighted by molar-refractivity contribution is 5.54. The number of aryl methyl sites for hydroxylation is 2. The molecular formula is C12H15N5O2. The average Bonchev–Trinajstić information content (AvgIpc) is 2.74. The van der Waals surface area contributed by atoms with Crippen molar-refractivity contribution in [2.45, 2.75) is 19.9 Å². The van der Waals surface area contributed by atoms with Crippen LogP contribution in [-0.4, -0.2) is 19.7 Å². The molecule has 2 aromatic rings. The van der Waals surface area contributed by atoms with Crippen molar-refractivity contribution in [2.75, 3.05) is 5.32 Å². The second-order valence-electron chi connectivity index (χ2n) is 4.48. The minimum Gasteiger partial charge on any atom is -0.375 e. The quantitative estimate of drug-likeness (QED) is 0.673. The van der Waals surface area contributed by atoms with Crippen molar-refractivity contribution in [3.8, 4) is 0 Å². The first kappa shape index (κ1) is 13.0. The summed E-state index contributed by atoms with van der Waals surface area (Å²) < 4.78 is 1.81. The zero-order chi connectivity index (χ0) is 14.0. The van der Waals surface area contributed by atoms with E-state index >= 15 is 0 Å². The SMILES string of the molecule is Cc1cc(NC(C)c2nncn2C)cc([N+](=O)[O-])c1. The molecule has 0 bridgehead atoms. The van der Waals surface area contributed by atoms with Gasteiger partial charge in [-0.3, -0.25) is 10.1 Å². The Morgan fingerprint density at radius 2 is 2.16 bits per heavy atom. The Balaban J connectivity index is 2.24. The van der Waals surface area contributed by atoms with E-state index in [0.29, 0.717) is 5.69 Å². The smallest absolute Gasteiger partial charge is 0.271 e. The molecule has 0 aliphatic heterocycles. The maximum absolute atomic E-state index is 10.8. The number of rotatable bonds is 4. The highest BCUT2D eigenvalue weighted by atomic mass is 16.6. The monoisotopic (exact) mass is 261 g/mol. The molecule has 100 valence electrons. The zero-order valence-electron chi connectivity index (χ0n) is 11.0. The molecule has 0 radical (unpaired) electrons. The number of nitro groups is 1. The lowest BCUT2D eigenvalue weighted by Gasteiger charge is -2.14. The fourth-order valence-corrected chi connectivity index (χ4v) is 1.95. The molecule has 0 fully saturated rings. The van der Waals surface area contributed by atoms with E-state index in [1.54, 1.807) is 6.33 Å². The van der Waals surface area contributed by atoms with Crippen LogP contribution in [0.5, 0.6) is 0 Å². The number of anilines is 1. The van der Waals surface area contributed by atoms with Crippen molar-refractivity contribution in [2.24, 2.45) is 7.05 Å². The molecule has 1 unspecified atom stereocenters. The molecule has 2 rings (SSSR count). The van der Waals surface area contributed by atoms with Crippen LogP contribution in [0.2, 0.25) is 0 Å². The maximum atomic E-state index is 10.8. The Kier molecular flexibility index (Phi) is 3.46. The normalized spacial score (nSPS) is 12.2. The number of hydrogen-bond acceptors (Lipinski definition) is 5. The second-order valence-corrected chi connectivity index (χ2v) is 4.48. The van der Waals surface area contributed by atoms with Crippen LogP contribution >= 0.6 is 0 Å². The molecule has 7 nitrogen and oxygen atoms in total. The fourth-order valence-electron chi connectivity index (χ4n) is 1.95. The number of aromatic nitrogens is 3. The number of nitro benzene ring substituents is 1. The molecular weight excluding hydrogens is 246 g/mol. The molecule has 19 heavy (non-hydrogen) atoms. The Morgan fingerprint density at radius 1 is 1.42 bits per heavy atom. The van der Waals surface area contributed by atoms with Gasteiger partial charge >= 0.3 is 0 Å². The predicted octanol–water partition coefficient (Wildman–Crippen LogP) is 2.20. The van der Waals surface area contributed by atoms with Crippen LogP contribution in [0.4, 0.5) is 11.4 Å². The third-order valence-corrected chi connectivity index (χ3v) is 2.79. The van der Waals surface area contributed by atoms with Crippen LogP contribution in [0.15, 0.2) is 24.5 Å². The van der Waals surface area contributed by atoms with Gasteiger partial charge in [-0.05, 0) is 25.5 Å². The lowest BCUT2D eigenvalue weighted by molar-refractivity contribution is -0.384.